The fourth-order valence-corrected chi connectivity index (χ4v) is 2.83. The van der Waals surface area contributed by atoms with Crippen LogP contribution in [0.1, 0.15) is 24.9 Å². The zero-order valence-electron chi connectivity index (χ0n) is 11.8. The highest BCUT2D eigenvalue weighted by atomic mass is 16.5. The molecule has 6 nitrogen and oxygen atoms in total. The van der Waals surface area contributed by atoms with E-state index >= 15 is 0 Å². The predicted octanol–water partition coefficient (Wildman–Crippen LogP) is 1.63. The lowest BCUT2D eigenvalue weighted by Gasteiger charge is -2.22. The number of rotatable bonds is 2. The Bertz CT molecular complexity index is 589. The van der Waals surface area contributed by atoms with Gasteiger partial charge in [-0.15, -0.1) is 0 Å². The number of nitrogens with one attached hydrogen (secondary N) is 1. The van der Waals surface area contributed by atoms with Crippen LogP contribution in [-0.2, 0) is 4.79 Å². The highest BCUT2D eigenvalue weighted by Crippen LogP contribution is 2.33. The molecule has 2 aliphatic heterocycles. The first-order valence-corrected chi connectivity index (χ1v) is 7.00. The summed E-state index contributed by atoms with van der Waals surface area (Å²) in [4.78, 5) is 25.1. The Kier molecular flexibility index (Phi) is 3.23. The molecule has 2 N–H and O–H groups in total. The van der Waals surface area contributed by atoms with Crippen molar-refractivity contribution in [3.05, 3.63) is 29.8 Å². The topological polar surface area (TPSA) is 78.9 Å². The first-order chi connectivity index (χ1) is 9.99. The standard InChI is InChI=1S/C15H18N2O4/c1-15(13(18)19)6-7-17(9-15)14(20)16-11-8-21-12-5-3-2-4-10(11)12/h2-5,11H,6-9H2,1H3,(H,16,20)(H,18,19). The third kappa shape index (κ3) is 2.41. The zero-order chi connectivity index (χ0) is 15.0. The van der Waals surface area contributed by atoms with Gasteiger partial charge in [0.25, 0.3) is 0 Å². The quantitative estimate of drug-likeness (QED) is 0.867. The number of nitrogens with zero attached hydrogens (tertiary/aromatic N) is 1. The number of fused-ring (bicyclic) bond motifs is 1. The van der Waals surface area contributed by atoms with E-state index in [1.807, 2.05) is 24.3 Å². The Hall–Kier alpha value is -2.24. The molecule has 0 aliphatic carbocycles. The fourth-order valence-electron chi connectivity index (χ4n) is 2.83. The van der Waals surface area contributed by atoms with E-state index in [0.717, 1.165) is 11.3 Å². The minimum absolute atomic E-state index is 0.176. The number of carboxylic acid groups (broad SMARTS) is 1. The molecule has 2 amide bonds. The Morgan fingerprint density at radius 3 is 2.90 bits per heavy atom. The molecule has 1 aromatic rings. The molecule has 112 valence electrons. The number of urea groups is 1. The van der Waals surface area contributed by atoms with Crippen LogP contribution >= 0.6 is 0 Å². The van der Waals surface area contributed by atoms with Crippen LogP contribution in [0.5, 0.6) is 5.75 Å². The minimum Gasteiger partial charge on any atom is -0.491 e. The van der Waals surface area contributed by atoms with Gasteiger partial charge in [-0.2, -0.15) is 0 Å². The van der Waals surface area contributed by atoms with Gasteiger partial charge in [0.1, 0.15) is 12.4 Å². The van der Waals surface area contributed by atoms with Crippen LogP contribution in [0.25, 0.3) is 0 Å². The Labute approximate surface area is 122 Å². The van der Waals surface area contributed by atoms with Gasteiger partial charge in [0.2, 0.25) is 0 Å². The van der Waals surface area contributed by atoms with Crippen molar-refractivity contribution < 1.29 is 19.4 Å². The molecule has 1 saturated heterocycles. The number of carboxylic acids is 1. The average molecular weight is 290 g/mol. The molecular formula is C15H18N2O4. The molecule has 0 bridgehead atoms. The number of para-hydroxylation sites is 1. The van der Waals surface area contributed by atoms with Gasteiger partial charge in [-0.05, 0) is 19.4 Å². The summed E-state index contributed by atoms with van der Waals surface area (Å²) < 4.78 is 5.53. The summed E-state index contributed by atoms with van der Waals surface area (Å²) in [5.41, 5.74) is 0.118. The molecule has 2 aliphatic rings. The number of ether oxygens (including phenoxy) is 1. The molecule has 2 unspecified atom stereocenters. The Morgan fingerprint density at radius 1 is 1.43 bits per heavy atom. The van der Waals surface area contributed by atoms with E-state index < -0.39 is 11.4 Å². The van der Waals surface area contributed by atoms with Crippen molar-refractivity contribution in [3.63, 3.8) is 0 Å². The first-order valence-electron chi connectivity index (χ1n) is 7.00. The monoisotopic (exact) mass is 290 g/mol. The molecule has 21 heavy (non-hydrogen) atoms. The van der Waals surface area contributed by atoms with Crippen LogP contribution in [0.4, 0.5) is 4.79 Å². The second-order valence-electron chi connectivity index (χ2n) is 5.89. The van der Waals surface area contributed by atoms with Gasteiger partial charge in [-0.1, -0.05) is 18.2 Å². The number of benzene rings is 1. The average Bonchev–Trinajstić information content (AvgIpc) is 3.05. The molecule has 1 aromatic carbocycles. The molecule has 0 aromatic heterocycles. The summed E-state index contributed by atoms with van der Waals surface area (Å²) in [6.07, 6.45) is 0.480. The number of aliphatic carboxylic acids is 1. The van der Waals surface area contributed by atoms with Crippen molar-refractivity contribution >= 4 is 12.0 Å². The van der Waals surface area contributed by atoms with E-state index in [4.69, 9.17) is 4.74 Å². The van der Waals surface area contributed by atoms with E-state index in [1.165, 1.54) is 0 Å². The summed E-state index contributed by atoms with van der Waals surface area (Å²) in [6, 6.07) is 7.19. The third-order valence-electron chi connectivity index (χ3n) is 4.27. The summed E-state index contributed by atoms with van der Waals surface area (Å²) in [7, 11) is 0. The lowest BCUT2D eigenvalue weighted by molar-refractivity contribution is -0.147. The van der Waals surface area contributed by atoms with Crippen molar-refractivity contribution in [1.29, 1.82) is 0 Å². The molecule has 0 saturated carbocycles. The zero-order valence-corrected chi connectivity index (χ0v) is 11.8. The van der Waals surface area contributed by atoms with Crippen LogP contribution in [0, 0.1) is 5.41 Å². The maximum Gasteiger partial charge on any atom is 0.318 e. The van der Waals surface area contributed by atoms with Crippen LogP contribution in [0.2, 0.25) is 0 Å². The molecule has 2 atom stereocenters. The summed E-state index contributed by atoms with van der Waals surface area (Å²) in [5.74, 6) is -0.0630. The van der Waals surface area contributed by atoms with Crippen molar-refractivity contribution in [2.45, 2.75) is 19.4 Å². The lowest BCUT2D eigenvalue weighted by Crippen LogP contribution is -2.42. The van der Waals surface area contributed by atoms with Crippen molar-refractivity contribution in [3.8, 4) is 5.75 Å². The number of amides is 2. The highest BCUT2D eigenvalue weighted by Gasteiger charge is 2.42. The van der Waals surface area contributed by atoms with Gasteiger partial charge in [0.15, 0.2) is 0 Å². The van der Waals surface area contributed by atoms with E-state index in [9.17, 15) is 14.7 Å². The largest absolute Gasteiger partial charge is 0.491 e. The minimum atomic E-state index is -0.854. The molecule has 0 spiro atoms. The number of hydrogen-bond acceptors (Lipinski definition) is 3. The van der Waals surface area contributed by atoms with Gasteiger partial charge in [-0.25, -0.2) is 4.79 Å². The van der Waals surface area contributed by atoms with Gasteiger partial charge in [0.05, 0.1) is 11.5 Å². The molecule has 0 radical (unpaired) electrons. The van der Waals surface area contributed by atoms with E-state index in [2.05, 4.69) is 5.32 Å². The van der Waals surface area contributed by atoms with Gasteiger partial charge in [-0.3, -0.25) is 4.79 Å². The Balaban J connectivity index is 1.65. The van der Waals surface area contributed by atoms with Crippen LogP contribution < -0.4 is 10.1 Å². The van der Waals surface area contributed by atoms with Crippen molar-refractivity contribution in [2.75, 3.05) is 19.7 Å². The van der Waals surface area contributed by atoms with E-state index in [0.29, 0.717) is 19.6 Å². The maximum atomic E-state index is 12.3. The van der Waals surface area contributed by atoms with Gasteiger partial charge >= 0.3 is 12.0 Å². The summed E-state index contributed by atoms with van der Waals surface area (Å²) >= 11 is 0. The molecule has 1 fully saturated rings. The van der Waals surface area contributed by atoms with Gasteiger partial charge < -0.3 is 20.1 Å². The first kappa shape index (κ1) is 13.7. The summed E-state index contributed by atoms with van der Waals surface area (Å²) in [5, 5.41) is 12.1. The molecule has 3 rings (SSSR count). The smallest absolute Gasteiger partial charge is 0.318 e. The highest BCUT2D eigenvalue weighted by molar-refractivity contribution is 5.79. The third-order valence-corrected chi connectivity index (χ3v) is 4.27. The molecule has 6 heteroatoms. The van der Waals surface area contributed by atoms with Crippen LogP contribution in [0.3, 0.4) is 0 Å². The lowest BCUT2D eigenvalue weighted by atomic mass is 9.90. The maximum absolute atomic E-state index is 12.3. The van der Waals surface area contributed by atoms with Crippen molar-refractivity contribution in [2.24, 2.45) is 5.41 Å². The normalized spacial score (nSPS) is 27.1. The molecule has 2 heterocycles. The number of likely N-dealkylation sites (tertiary alicyclic amines) is 1. The predicted molar refractivity (Wildman–Crippen MR) is 75.1 cm³/mol. The van der Waals surface area contributed by atoms with Crippen molar-refractivity contribution in [1.82, 2.24) is 10.2 Å². The van der Waals surface area contributed by atoms with Crippen LogP contribution in [-0.4, -0.2) is 41.7 Å². The van der Waals surface area contributed by atoms with Crippen LogP contribution in [0.15, 0.2) is 24.3 Å². The van der Waals surface area contributed by atoms with E-state index in [-0.39, 0.29) is 18.6 Å². The molecular weight excluding hydrogens is 272 g/mol. The van der Waals surface area contributed by atoms with Gasteiger partial charge in [0, 0.05) is 18.7 Å². The number of carbonyl (C=O) groups excluding carboxylic acids is 1. The Morgan fingerprint density at radius 2 is 2.19 bits per heavy atom. The van der Waals surface area contributed by atoms with E-state index in [1.54, 1.807) is 11.8 Å². The second kappa shape index (κ2) is 4.95. The fraction of sp³-hybridized carbons (Fsp3) is 0.467. The number of hydrogen-bond donors (Lipinski definition) is 2. The second-order valence-corrected chi connectivity index (χ2v) is 5.89. The number of carbonyl (C=O) groups is 2. The SMILES string of the molecule is CC1(C(=O)O)CCN(C(=O)NC2COc3ccccc32)C1. The summed E-state index contributed by atoms with van der Waals surface area (Å²) in [6.45, 7) is 2.79.